The largest absolute Gasteiger partial charge is 0.491 e. The molecule has 1 atom stereocenters. The van der Waals surface area contributed by atoms with Crippen molar-refractivity contribution in [3.63, 3.8) is 0 Å². The fourth-order valence-electron chi connectivity index (χ4n) is 2.73. The lowest BCUT2D eigenvalue weighted by Gasteiger charge is -2.16. The first-order valence-corrected chi connectivity index (χ1v) is 7.10. The number of halogens is 2. The zero-order valence-electron chi connectivity index (χ0n) is 12.5. The van der Waals surface area contributed by atoms with Crippen LogP contribution in [0.2, 0.25) is 0 Å². The summed E-state index contributed by atoms with van der Waals surface area (Å²) in [5.74, 6) is -2.99. The highest BCUT2D eigenvalue weighted by Gasteiger charge is 2.33. The van der Waals surface area contributed by atoms with Gasteiger partial charge in [-0.25, -0.2) is 4.39 Å². The van der Waals surface area contributed by atoms with Crippen molar-refractivity contribution in [3.05, 3.63) is 49.8 Å². The number of carbonyl (C=O) groups is 1. The van der Waals surface area contributed by atoms with Crippen molar-refractivity contribution < 1.29 is 23.2 Å². The Morgan fingerprint density at radius 3 is 2.62 bits per heavy atom. The Hall–Kier alpha value is -2.84. The Morgan fingerprint density at radius 1 is 1.46 bits per heavy atom. The van der Waals surface area contributed by atoms with Crippen LogP contribution in [0.3, 0.4) is 0 Å². The average molecular weight is 338 g/mol. The van der Waals surface area contributed by atoms with Crippen LogP contribution in [0.1, 0.15) is 30.5 Å². The van der Waals surface area contributed by atoms with Crippen LogP contribution in [0.4, 0.5) is 8.78 Å². The van der Waals surface area contributed by atoms with Crippen LogP contribution in [-0.4, -0.2) is 22.9 Å². The van der Waals surface area contributed by atoms with Crippen LogP contribution >= 0.6 is 0 Å². The molecular formula is C15H12F2N2O5. The molecule has 2 aromatic rings. The molecule has 126 valence electrons. The molecule has 24 heavy (non-hydrogen) atoms. The molecule has 7 nitrogen and oxygen atoms in total. The van der Waals surface area contributed by atoms with Gasteiger partial charge in [0.1, 0.15) is 0 Å². The van der Waals surface area contributed by atoms with E-state index in [1.54, 1.807) is 0 Å². The molecule has 1 aromatic heterocycles. The van der Waals surface area contributed by atoms with E-state index < -0.39 is 33.8 Å². The lowest BCUT2D eigenvalue weighted by atomic mass is 10.1. The maximum absolute atomic E-state index is 14.0. The van der Waals surface area contributed by atoms with Crippen molar-refractivity contribution in [2.24, 2.45) is 0 Å². The Morgan fingerprint density at radius 2 is 2.12 bits per heavy atom. The lowest BCUT2D eigenvalue weighted by molar-refractivity contribution is -0.511. The van der Waals surface area contributed by atoms with Crippen molar-refractivity contribution in [2.75, 3.05) is 7.11 Å². The maximum atomic E-state index is 14.0. The number of hydrogen-bond acceptors (Lipinski definition) is 5. The molecule has 1 unspecified atom stereocenters. The summed E-state index contributed by atoms with van der Waals surface area (Å²) in [4.78, 5) is 33.7. The van der Waals surface area contributed by atoms with Crippen LogP contribution in [-0.2, 0) is 4.79 Å². The fourth-order valence-corrected chi connectivity index (χ4v) is 2.73. The van der Waals surface area contributed by atoms with Gasteiger partial charge in [-0.05, 0) is 18.9 Å². The molecule has 1 aliphatic rings. The quantitative estimate of drug-likeness (QED) is 0.473. The second kappa shape index (κ2) is 5.66. The van der Waals surface area contributed by atoms with E-state index in [1.807, 2.05) is 0 Å². The number of aromatic nitrogens is 1. The highest BCUT2D eigenvalue weighted by atomic mass is 19.2. The zero-order valence-corrected chi connectivity index (χ0v) is 12.5. The van der Waals surface area contributed by atoms with E-state index in [0.29, 0.717) is 18.9 Å². The molecule has 1 fully saturated rings. The number of methoxy groups -OCH3 is 1. The summed E-state index contributed by atoms with van der Waals surface area (Å²) in [7, 11) is 1.14. The number of nitrogens with zero attached hydrogens (tertiary/aromatic N) is 2. The average Bonchev–Trinajstić information content (AvgIpc) is 3.36. The van der Waals surface area contributed by atoms with E-state index in [9.17, 15) is 28.5 Å². The molecule has 0 bridgehead atoms. The first-order valence-electron chi connectivity index (χ1n) is 7.10. The summed E-state index contributed by atoms with van der Waals surface area (Å²) < 4.78 is 34.2. The van der Waals surface area contributed by atoms with Gasteiger partial charge in [-0.3, -0.25) is 19.7 Å². The normalized spacial score (nSPS) is 15.3. The van der Waals surface area contributed by atoms with Crippen molar-refractivity contribution in [1.29, 1.82) is 0 Å². The second-order valence-electron chi connectivity index (χ2n) is 5.52. The first kappa shape index (κ1) is 16.0. The monoisotopic (exact) mass is 338 g/mol. The number of hydrogen-bond donors (Lipinski definition) is 0. The molecule has 9 heteroatoms. The molecule has 0 amide bonds. The minimum Gasteiger partial charge on any atom is -0.491 e. The van der Waals surface area contributed by atoms with Crippen LogP contribution < -0.4 is 10.2 Å². The molecule has 1 saturated carbocycles. The molecule has 0 N–H and O–H groups in total. The summed E-state index contributed by atoms with van der Waals surface area (Å²) in [6, 6.07) is -1.31. The third-order valence-corrected chi connectivity index (χ3v) is 4.01. The Labute approximate surface area is 133 Å². The standard InChI is InChI=1S/C15H12F2N2O5/c1-24-15-12(17)10(16)4-8-13(15)18(7-2-3-7)5-9(14(8)21)11(6-20)19(22)23/h4-7,11H,2-3H2,1H3. The van der Waals surface area contributed by atoms with Gasteiger partial charge in [0.05, 0.1) is 23.6 Å². The number of ether oxygens (including phenoxy) is 1. The lowest BCUT2D eigenvalue weighted by Crippen LogP contribution is -2.23. The predicted octanol–water partition coefficient (Wildman–Crippen LogP) is 2.14. The number of carbonyl (C=O) groups excluding carboxylic acids is 1. The van der Waals surface area contributed by atoms with Crippen molar-refractivity contribution in [1.82, 2.24) is 4.57 Å². The van der Waals surface area contributed by atoms with Gasteiger partial charge >= 0.3 is 0 Å². The molecular weight excluding hydrogens is 326 g/mol. The van der Waals surface area contributed by atoms with Crippen LogP contribution in [0, 0.1) is 21.7 Å². The number of rotatable bonds is 5. The van der Waals surface area contributed by atoms with Gasteiger partial charge in [0, 0.05) is 17.2 Å². The van der Waals surface area contributed by atoms with Crippen molar-refractivity contribution in [3.8, 4) is 5.75 Å². The Balaban J connectivity index is 2.46. The van der Waals surface area contributed by atoms with E-state index in [1.165, 1.54) is 10.8 Å². The summed E-state index contributed by atoms with van der Waals surface area (Å²) in [6.45, 7) is 0. The molecule has 1 aromatic carbocycles. The molecule has 0 spiro atoms. The van der Waals surface area contributed by atoms with Crippen LogP contribution in [0.25, 0.3) is 10.9 Å². The summed E-state index contributed by atoms with van der Waals surface area (Å²) in [5, 5.41) is 10.8. The topological polar surface area (TPSA) is 91.4 Å². The predicted molar refractivity (Wildman–Crippen MR) is 78.7 cm³/mol. The first-order chi connectivity index (χ1) is 11.4. The number of aldehydes is 1. The molecule has 1 heterocycles. The van der Waals surface area contributed by atoms with Crippen LogP contribution in [0.15, 0.2) is 17.1 Å². The van der Waals surface area contributed by atoms with Crippen molar-refractivity contribution in [2.45, 2.75) is 24.9 Å². The smallest absolute Gasteiger partial charge is 0.297 e. The highest BCUT2D eigenvalue weighted by Crippen LogP contribution is 2.40. The zero-order chi connectivity index (χ0) is 17.6. The van der Waals surface area contributed by atoms with Gasteiger partial charge in [-0.1, -0.05) is 0 Å². The minimum atomic E-state index is -1.87. The Kier molecular flexibility index (Phi) is 3.78. The molecule has 0 aliphatic heterocycles. The Bertz CT molecular complexity index is 920. The second-order valence-corrected chi connectivity index (χ2v) is 5.52. The fraction of sp³-hybridized carbons (Fsp3) is 0.333. The number of pyridine rings is 1. The molecule has 0 radical (unpaired) electrons. The van der Waals surface area contributed by atoms with Crippen LogP contribution in [0.5, 0.6) is 5.75 Å². The van der Waals surface area contributed by atoms with Gasteiger partial charge in [0.15, 0.2) is 23.3 Å². The third kappa shape index (κ3) is 2.32. The molecule has 3 rings (SSSR count). The molecule has 0 saturated heterocycles. The number of fused-ring (bicyclic) bond motifs is 1. The summed E-state index contributed by atoms with van der Waals surface area (Å²) in [5.41, 5.74) is -1.25. The van der Waals surface area contributed by atoms with Gasteiger partial charge in [-0.2, -0.15) is 4.39 Å². The van der Waals surface area contributed by atoms with Gasteiger partial charge in [-0.15, -0.1) is 0 Å². The van der Waals surface area contributed by atoms with E-state index in [2.05, 4.69) is 0 Å². The third-order valence-electron chi connectivity index (χ3n) is 4.01. The SMILES string of the molecule is COc1c(F)c(F)cc2c(=O)c(C(C=O)[N+](=O)[O-])cn(C3CC3)c12. The summed E-state index contributed by atoms with van der Waals surface area (Å²) in [6.07, 6.45) is 2.63. The van der Waals surface area contributed by atoms with Gasteiger partial charge in [0.2, 0.25) is 5.82 Å². The van der Waals surface area contributed by atoms with E-state index in [-0.39, 0.29) is 28.8 Å². The van der Waals surface area contributed by atoms with Gasteiger partial charge in [0.25, 0.3) is 6.04 Å². The number of benzene rings is 1. The van der Waals surface area contributed by atoms with E-state index in [4.69, 9.17) is 4.74 Å². The molecule has 1 aliphatic carbocycles. The highest BCUT2D eigenvalue weighted by molar-refractivity contribution is 5.86. The number of nitro groups is 1. The van der Waals surface area contributed by atoms with E-state index in [0.717, 1.165) is 7.11 Å². The van der Waals surface area contributed by atoms with E-state index >= 15 is 0 Å². The van der Waals surface area contributed by atoms with Gasteiger partial charge < -0.3 is 9.30 Å². The maximum Gasteiger partial charge on any atom is 0.297 e. The van der Waals surface area contributed by atoms with Crippen molar-refractivity contribution >= 4 is 17.2 Å². The minimum absolute atomic E-state index is 0.0284. The summed E-state index contributed by atoms with van der Waals surface area (Å²) >= 11 is 0.